The first-order valence-electron chi connectivity index (χ1n) is 8.51. The Morgan fingerprint density at radius 1 is 1.21 bits per heavy atom. The Morgan fingerprint density at radius 2 is 1.88 bits per heavy atom. The van der Waals surface area contributed by atoms with Crippen LogP contribution in [0.25, 0.3) is 0 Å². The topological polar surface area (TPSA) is 48.9 Å². The summed E-state index contributed by atoms with van der Waals surface area (Å²) in [6.07, 6.45) is 2.65. The van der Waals surface area contributed by atoms with Crippen LogP contribution in [0.15, 0.2) is 29.3 Å². The summed E-state index contributed by atoms with van der Waals surface area (Å²) >= 11 is 0. The summed E-state index contributed by atoms with van der Waals surface area (Å²) in [6, 6.07) is 8.08. The highest BCUT2D eigenvalue weighted by Gasteiger charge is 2.14. The van der Waals surface area contributed by atoms with Crippen LogP contribution in [-0.4, -0.2) is 51.2 Å². The molecule has 1 aliphatic heterocycles. The van der Waals surface area contributed by atoms with E-state index in [9.17, 15) is 0 Å². The van der Waals surface area contributed by atoms with Gasteiger partial charge in [-0.3, -0.25) is 4.99 Å². The van der Waals surface area contributed by atoms with Crippen molar-refractivity contribution < 1.29 is 4.74 Å². The van der Waals surface area contributed by atoms with Crippen molar-refractivity contribution in [2.45, 2.75) is 26.3 Å². The second-order valence-corrected chi connectivity index (χ2v) is 6.22. The highest BCUT2D eigenvalue weighted by molar-refractivity contribution is 14.0. The van der Waals surface area contributed by atoms with E-state index in [2.05, 4.69) is 39.6 Å². The van der Waals surface area contributed by atoms with Gasteiger partial charge in [-0.1, -0.05) is 19.1 Å². The van der Waals surface area contributed by atoms with Crippen molar-refractivity contribution in [1.82, 2.24) is 15.5 Å². The summed E-state index contributed by atoms with van der Waals surface area (Å²) in [6.45, 7) is 7.56. The standard InChI is InChI=1S/C18H30N4O.HI/c1-15-8-11-22(12-9-15)13-10-20-18(19-2)21-14-16-4-6-17(23-3)7-5-16;/h4-7,15H,8-14H2,1-3H3,(H2,19,20,21);1H. The number of ether oxygens (including phenoxy) is 1. The van der Waals surface area contributed by atoms with Gasteiger partial charge in [-0.05, 0) is 49.5 Å². The predicted molar refractivity (Wildman–Crippen MR) is 111 cm³/mol. The van der Waals surface area contributed by atoms with Gasteiger partial charge in [0.05, 0.1) is 7.11 Å². The monoisotopic (exact) mass is 446 g/mol. The molecule has 1 aromatic carbocycles. The number of likely N-dealkylation sites (tertiary alicyclic amines) is 1. The van der Waals surface area contributed by atoms with Gasteiger partial charge < -0.3 is 20.3 Å². The molecule has 24 heavy (non-hydrogen) atoms. The van der Waals surface area contributed by atoms with Gasteiger partial charge in [-0.2, -0.15) is 0 Å². The molecule has 0 amide bonds. The van der Waals surface area contributed by atoms with E-state index in [1.165, 1.54) is 31.5 Å². The van der Waals surface area contributed by atoms with E-state index in [0.717, 1.165) is 37.3 Å². The Balaban J connectivity index is 0.00000288. The number of nitrogens with one attached hydrogen (secondary N) is 2. The third-order valence-electron chi connectivity index (χ3n) is 4.44. The predicted octanol–water partition coefficient (Wildman–Crippen LogP) is 2.71. The molecule has 136 valence electrons. The largest absolute Gasteiger partial charge is 0.497 e. The number of rotatable bonds is 6. The van der Waals surface area contributed by atoms with Crippen molar-refractivity contribution in [2.24, 2.45) is 10.9 Å². The molecule has 1 heterocycles. The van der Waals surface area contributed by atoms with Gasteiger partial charge in [-0.25, -0.2) is 0 Å². The summed E-state index contributed by atoms with van der Waals surface area (Å²) in [5, 5.41) is 6.74. The number of methoxy groups -OCH3 is 1. The molecule has 5 nitrogen and oxygen atoms in total. The quantitative estimate of drug-likeness (QED) is 0.401. The number of nitrogens with zero attached hydrogens (tertiary/aromatic N) is 2. The van der Waals surface area contributed by atoms with E-state index in [1.807, 2.05) is 19.2 Å². The van der Waals surface area contributed by atoms with Crippen LogP contribution < -0.4 is 15.4 Å². The average Bonchev–Trinajstić information content (AvgIpc) is 2.60. The third kappa shape index (κ3) is 7.25. The zero-order valence-corrected chi connectivity index (χ0v) is 17.4. The Hall–Kier alpha value is -1.02. The number of halogens is 1. The molecule has 0 saturated carbocycles. The molecule has 2 N–H and O–H groups in total. The average molecular weight is 446 g/mol. The van der Waals surface area contributed by atoms with Gasteiger partial charge >= 0.3 is 0 Å². The van der Waals surface area contributed by atoms with E-state index >= 15 is 0 Å². The summed E-state index contributed by atoms with van der Waals surface area (Å²) < 4.78 is 5.17. The van der Waals surface area contributed by atoms with E-state index < -0.39 is 0 Å². The summed E-state index contributed by atoms with van der Waals surface area (Å²) in [7, 11) is 3.49. The fraction of sp³-hybridized carbons (Fsp3) is 0.611. The molecule has 0 radical (unpaired) electrons. The first-order valence-corrected chi connectivity index (χ1v) is 8.51. The second kappa shape index (κ2) is 11.5. The number of hydrogen-bond donors (Lipinski definition) is 2. The molecule has 0 aromatic heterocycles. The molecule has 0 spiro atoms. The van der Waals surface area contributed by atoms with Crippen LogP contribution in [0.1, 0.15) is 25.3 Å². The van der Waals surface area contributed by atoms with E-state index in [-0.39, 0.29) is 24.0 Å². The highest BCUT2D eigenvalue weighted by atomic mass is 127. The molecule has 0 unspecified atom stereocenters. The number of aliphatic imine (C=N–C) groups is 1. The van der Waals surface area contributed by atoms with Crippen molar-refractivity contribution in [3.05, 3.63) is 29.8 Å². The van der Waals surface area contributed by atoms with Crippen molar-refractivity contribution in [3.8, 4) is 5.75 Å². The Morgan fingerprint density at radius 3 is 2.46 bits per heavy atom. The van der Waals surface area contributed by atoms with Crippen LogP contribution >= 0.6 is 24.0 Å². The van der Waals surface area contributed by atoms with Gasteiger partial charge in [0.25, 0.3) is 0 Å². The lowest BCUT2D eigenvalue weighted by Gasteiger charge is -2.30. The molecule has 0 aliphatic carbocycles. The third-order valence-corrected chi connectivity index (χ3v) is 4.44. The van der Waals surface area contributed by atoms with E-state index in [4.69, 9.17) is 4.74 Å². The zero-order chi connectivity index (χ0) is 16.5. The minimum absolute atomic E-state index is 0. The fourth-order valence-corrected chi connectivity index (χ4v) is 2.77. The molecule has 0 atom stereocenters. The molecular weight excluding hydrogens is 415 g/mol. The minimum Gasteiger partial charge on any atom is -0.497 e. The number of benzene rings is 1. The fourth-order valence-electron chi connectivity index (χ4n) is 2.77. The molecule has 1 aliphatic rings. The van der Waals surface area contributed by atoms with E-state index in [1.54, 1.807) is 7.11 Å². The minimum atomic E-state index is 0. The zero-order valence-electron chi connectivity index (χ0n) is 15.0. The molecule has 1 fully saturated rings. The highest BCUT2D eigenvalue weighted by Crippen LogP contribution is 2.15. The van der Waals surface area contributed by atoms with Crippen LogP contribution in [0.3, 0.4) is 0 Å². The molecule has 0 bridgehead atoms. The van der Waals surface area contributed by atoms with Crippen LogP contribution in [-0.2, 0) is 6.54 Å². The number of hydrogen-bond acceptors (Lipinski definition) is 3. The first kappa shape index (κ1) is 21.0. The normalized spacial score (nSPS) is 16.4. The lowest BCUT2D eigenvalue weighted by Crippen LogP contribution is -2.43. The molecule has 1 aromatic rings. The SMILES string of the molecule is CN=C(NCCN1CCC(C)CC1)NCc1ccc(OC)cc1.I. The van der Waals surface area contributed by atoms with Crippen molar-refractivity contribution in [1.29, 1.82) is 0 Å². The molecule has 6 heteroatoms. The second-order valence-electron chi connectivity index (χ2n) is 6.22. The maximum absolute atomic E-state index is 5.17. The van der Waals surface area contributed by atoms with Crippen LogP contribution in [0.5, 0.6) is 5.75 Å². The van der Waals surface area contributed by atoms with Crippen molar-refractivity contribution >= 4 is 29.9 Å². The summed E-state index contributed by atoms with van der Waals surface area (Å²) in [5.74, 6) is 2.62. The van der Waals surface area contributed by atoms with Gasteiger partial charge in [0.2, 0.25) is 0 Å². The summed E-state index contributed by atoms with van der Waals surface area (Å²) in [4.78, 5) is 6.81. The lowest BCUT2D eigenvalue weighted by molar-refractivity contribution is 0.195. The van der Waals surface area contributed by atoms with Crippen molar-refractivity contribution in [2.75, 3.05) is 40.3 Å². The maximum atomic E-state index is 5.17. The smallest absolute Gasteiger partial charge is 0.191 e. The van der Waals surface area contributed by atoms with Gasteiger partial charge in [-0.15, -0.1) is 24.0 Å². The number of piperidine rings is 1. The molecular formula is C18H31IN4O. The molecule has 1 saturated heterocycles. The maximum Gasteiger partial charge on any atom is 0.191 e. The van der Waals surface area contributed by atoms with Gasteiger partial charge in [0.1, 0.15) is 5.75 Å². The molecule has 2 rings (SSSR count). The summed E-state index contributed by atoms with van der Waals surface area (Å²) in [5.41, 5.74) is 1.21. The van der Waals surface area contributed by atoms with Gasteiger partial charge in [0.15, 0.2) is 5.96 Å². The van der Waals surface area contributed by atoms with Crippen molar-refractivity contribution in [3.63, 3.8) is 0 Å². The number of guanidine groups is 1. The van der Waals surface area contributed by atoms with Crippen LogP contribution in [0.4, 0.5) is 0 Å². The van der Waals surface area contributed by atoms with Crippen LogP contribution in [0, 0.1) is 5.92 Å². The van der Waals surface area contributed by atoms with Crippen LogP contribution in [0.2, 0.25) is 0 Å². The Bertz CT molecular complexity index is 484. The van der Waals surface area contributed by atoms with Gasteiger partial charge in [0, 0.05) is 26.7 Å². The lowest BCUT2D eigenvalue weighted by atomic mass is 9.99. The Kier molecular flexibility index (Phi) is 10.1. The Labute approximate surface area is 163 Å². The van der Waals surface area contributed by atoms with E-state index in [0.29, 0.717) is 0 Å². The first-order chi connectivity index (χ1) is 11.2.